The number of aromatic carboxylic acids is 1. The van der Waals surface area contributed by atoms with Gasteiger partial charge in [-0.3, -0.25) is 0 Å². The van der Waals surface area contributed by atoms with Crippen molar-refractivity contribution in [1.82, 2.24) is 10.2 Å². The maximum atomic E-state index is 11.5. The Bertz CT molecular complexity index is 464. The molecular formula is C15H25N3O3. The molecule has 1 heterocycles. The normalized spacial score (nSPS) is 10.6. The molecule has 1 aromatic heterocycles. The second-order valence-electron chi connectivity index (χ2n) is 4.75. The largest absolute Gasteiger partial charge is 0.478 e. The Labute approximate surface area is 125 Å². The lowest BCUT2D eigenvalue weighted by atomic mass is 10.0. The summed E-state index contributed by atoms with van der Waals surface area (Å²) in [5, 5.41) is 20.6. The molecule has 0 aliphatic rings. The summed E-state index contributed by atoms with van der Waals surface area (Å²) in [5.41, 5.74) is 1.74. The van der Waals surface area contributed by atoms with Gasteiger partial charge in [0.15, 0.2) is 5.82 Å². The Morgan fingerprint density at radius 1 is 1.19 bits per heavy atom. The van der Waals surface area contributed by atoms with Gasteiger partial charge in [-0.15, -0.1) is 5.10 Å². The Morgan fingerprint density at radius 2 is 1.95 bits per heavy atom. The van der Waals surface area contributed by atoms with Crippen molar-refractivity contribution < 1.29 is 14.6 Å². The highest BCUT2D eigenvalue weighted by Crippen LogP contribution is 2.20. The number of nitrogens with one attached hydrogen (secondary N) is 1. The Balaban J connectivity index is 2.75. The van der Waals surface area contributed by atoms with Gasteiger partial charge in [0.1, 0.15) is 5.56 Å². The van der Waals surface area contributed by atoms with Gasteiger partial charge in [-0.2, -0.15) is 5.10 Å². The van der Waals surface area contributed by atoms with E-state index in [0.29, 0.717) is 31.8 Å². The van der Waals surface area contributed by atoms with Crippen LogP contribution in [0.5, 0.6) is 0 Å². The third-order valence-electron chi connectivity index (χ3n) is 3.24. The molecule has 6 nitrogen and oxygen atoms in total. The number of carbonyl (C=O) groups is 1. The summed E-state index contributed by atoms with van der Waals surface area (Å²) < 4.78 is 5.44. The fourth-order valence-electron chi connectivity index (χ4n) is 2.12. The van der Waals surface area contributed by atoms with Crippen molar-refractivity contribution in [2.45, 2.75) is 46.5 Å². The van der Waals surface area contributed by atoms with Crippen LogP contribution in [0.25, 0.3) is 0 Å². The van der Waals surface area contributed by atoms with Crippen LogP contribution in [-0.2, 0) is 17.6 Å². The first-order valence-corrected chi connectivity index (χ1v) is 7.58. The van der Waals surface area contributed by atoms with Gasteiger partial charge in [-0.1, -0.05) is 27.2 Å². The van der Waals surface area contributed by atoms with Gasteiger partial charge < -0.3 is 15.2 Å². The first kappa shape index (κ1) is 17.4. The number of anilines is 1. The molecule has 0 spiro atoms. The number of nitrogens with zero attached hydrogens (tertiary/aromatic N) is 2. The number of carboxylic acid groups (broad SMARTS) is 1. The van der Waals surface area contributed by atoms with Crippen molar-refractivity contribution in [3.8, 4) is 0 Å². The zero-order valence-corrected chi connectivity index (χ0v) is 13.1. The van der Waals surface area contributed by atoms with E-state index in [0.717, 1.165) is 30.7 Å². The van der Waals surface area contributed by atoms with Crippen LogP contribution in [0.2, 0.25) is 0 Å². The smallest absolute Gasteiger partial charge is 0.339 e. The summed E-state index contributed by atoms with van der Waals surface area (Å²) in [5.74, 6) is -0.638. The quantitative estimate of drug-likeness (QED) is 0.645. The van der Waals surface area contributed by atoms with E-state index >= 15 is 0 Å². The lowest BCUT2D eigenvalue weighted by Crippen LogP contribution is -2.18. The highest BCUT2D eigenvalue weighted by atomic mass is 16.5. The number of rotatable bonds is 10. The van der Waals surface area contributed by atoms with Crippen LogP contribution in [-0.4, -0.2) is 41.0 Å². The van der Waals surface area contributed by atoms with Crippen LogP contribution in [0.15, 0.2) is 0 Å². The lowest BCUT2D eigenvalue weighted by molar-refractivity contribution is 0.0696. The molecule has 0 aliphatic carbocycles. The molecule has 2 N–H and O–H groups in total. The van der Waals surface area contributed by atoms with E-state index in [2.05, 4.69) is 22.4 Å². The molecule has 0 amide bonds. The summed E-state index contributed by atoms with van der Waals surface area (Å²) in [4.78, 5) is 11.5. The van der Waals surface area contributed by atoms with Crippen LogP contribution in [0.4, 0.5) is 5.82 Å². The molecule has 0 aliphatic heterocycles. The number of hydrogen-bond donors (Lipinski definition) is 2. The fourth-order valence-corrected chi connectivity index (χ4v) is 2.12. The van der Waals surface area contributed by atoms with Crippen molar-refractivity contribution in [3.63, 3.8) is 0 Å². The molecule has 0 saturated heterocycles. The Morgan fingerprint density at radius 3 is 2.52 bits per heavy atom. The standard InChI is InChI=1S/C15H25N3O3/c1-4-7-9-21-10-8-16-14-13(15(19)20)11(5-2)12(6-3)17-18-14/h4-10H2,1-3H3,(H,16,18)(H,19,20). The van der Waals surface area contributed by atoms with Crippen LogP contribution in [0, 0.1) is 0 Å². The number of ether oxygens (including phenoxy) is 1. The molecule has 1 rings (SSSR count). The predicted octanol–water partition coefficient (Wildman–Crippen LogP) is 2.53. The molecule has 1 aromatic rings. The molecular weight excluding hydrogens is 270 g/mol. The molecule has 6 heteroatoms. The van der Waals surface area contributed by atoms with E-state index in [9.17, 15) is 9.90 Å². The summed E-state index contributed by atoms with van der Waals surface area (Å²) >= 11 is 0. The number of carboxylic acids is 1. The highest BCUT2D eigenvalue weighted by Gasteiger charge is 2.19. The number of aromatic nitrogens is 2. The monoisotopic (exact) mass is 295 g/mol. The summed E-state index contributed by atoms with van der Waals surface area (Å²) in [6.45, 7) is 7.76. The average Bonchev–Trinajstić information content (AvgIpc) is 2.49. The van der Waals surface area contributed by atoms with Crippen LogP contribution >= 0.6 is 0 Å². The number of unbranched alkanes of at least 4 members (excludes halogenated alkanes) is 1. The van der Waals surface area contributed by atoms with Crippen LogP contribution < -0.4 is 5.32 Å². The summed E-state index contributed by atoms with van der Waals surface area (Å²) in [6, 6.07) is 0. The van der Waals surface area contributed by atoms with E-state index < -0.39 is 5.97 Å². The maximum absolute atomic E-state index is 11.5. The zero-order chi connectivity index (χ0) is 15.7. The van der Waals surface area contributed by atoms with Gasteiger partial charge in [0.05, 0.1) is 12.3 Å². The molecule has 21 heavy (non-hydrogen) atoms. The van der Waals surface area contributed by atoms with E-state index in [4.69, 9.17) is 4.74 Å². The third kappa shape index (κ3) is 4.97. The highest BCUT2D eigenvalue weighted by molar-refractivity contribution is 5.95. The zero-order valence-electron chi connectivity index (χ0n) is 13.1. The van der Waals surface area contributed by atoms with E-state index in [1.54, 1.807) is 0 Å². The molecule has 0 radical (unpaired) electrons. The van der Waals surface area contributed by atoms with Gasteiger partial charge >= 0.3 is 5.97 Å². The maximum Gasteiger partial charge on any atom is 0.339 e. The van der Waals surface area contributed by atoms with Crippen LogP contribution in [0.1, 0.15) is 55.2 Å². The van der Waals surface area contributed by atoms with Crippen molar-refractivity contribution >= 4 is 11.8 Å². The SMILES string of the molecule is CCCCOCCNc1nnc(CC)c(CC)c1C(=O)O. The molecule has 118 valence electrons. The topological polar surface area (TPSA) is 84.3 Å². The van der Waals surface area contributed by atoms with E-state index in [1.165, 1.54) is 0 Å². The van der Waals surface area contributed by atoms with Gasteiger partial charge in [0.2, 0.25) is 0 Å². The van der Waals surface area contributed by atoms with Crippen LogP contribution in [0.3, 0.4) is 0 Å². The van der Waals surface area contributed by atoms with Gasteiger partial charge in [0.25, 0.3) is 0 Å². The summed E-state index contributed by atoms with van der Waals surface area (Å²) in [7, 11) is 0. The van der Waals surface area contributed by atoms with Gasteiger partial charge in [-0.05, 0) is 24.8 Å². The minimum Gasteiger partial charge on any atom is -0.478 e. The summed E-state index contributed by atoms with van der Waals surface area (Å²) in [6.07, 6.45) is 3.44. The minimum atomic E-state index is -0.967. The second kappa shape index (κ2) is 9.28. The van der Waals surface area contributed by atoms with Gasteiger partial charge in [-0.25, -0.2) is 4.79 Å². The molecule has 0 saturated carbocycles. The van der Waals surface area contributed by atoms with E-state index in [1.807, 2.05) is 13.8 Å². The average molecular weight is 295 g/mol. The molecule has 0 atom stereocenters. The Hall–Kier alpha value is -1.69. The molecule has 0 fully saturated rings. The number of aryl methyl sites for hydroxylation is 1. The van der Waals surface area contributed by atoms with Crippen molar-refractivity contribution in [2.75, 3.05) is 25.1 Å². The first-order chi connectivity index (χ1) is 10.2. The van der Waals surface area contributed by atoms with Crippen molar-refractivity contribution in [1.29, 1.82) is 0 Å². The fraction of sp³-hybridized carbons (Fsp3) is 0.667. The van der Waals surface area contributed by atoms with Crippen molar-refractivity contribution in [3.05, 3.63) is 16.8 Å². The second-order valence-corrected chi connectivity index (χ2v) is 4.75. The predicted molar refractivity (Wildman–Crippen MR) is 82.0 cm³/mol. The third-order valence-corrected chi connectivity index (χ3v) is 3.24. The molecule has 0 aromatic carbocycles. The van der Waals surface area contributed by atoms with Crippen molar-refractivity contribution in [2.24, 2.45) is 0 Å². The van der Waals surface area contributed by atoms with Gasteiger partial charge in [0, 0.05) is 13.2 Å². The first-order valence-electron chi connectivity index (χ1n) is 7.58. The number of hydrogen-bond acceptors (Lipinski definition) is 5. The molecule has 0 unspecified atom stereocenters. The Kier molecular flexibility index (Phi) is 7.68. The molecule has 0 bridgehead atoms. The lowest BCUT2D eigenvalue weighted by Gasteiger charge is -2.13. The minimum absolute atomic E-state index is 0.234. The van der Waals surface area contributed by atoms with E-state index in [-0.39, 0.29) is 5.56 Å².